The van der Waals surface area contributed by atoms with Crippen LogP contribution in [0.2, 0.25) is 0 Å². The summed E-state index contributed by atoms with van der Waals surface area (Å²) in [6.45, 7) is 8.26. The van der Waals surface area contributed by atoms with Crippen molar-refractivity contribution in [1.29, 1.82) is 0 Å². The lowest BCUT2D eigenvalue weighted by atomic mass is 9.89. The lowest BCUT2D eigenvalue weighted by Gasteiger charge is -2.26. The number of ketones is 4. The molecule has 2 bridgehead atoms. The minimum atomic E-state index is -1.51. The molecular weight excluding hydrogens is 1170 g/mol. The number of rotatable bonds is 27. The van der Waals surface area contributed by atoms with Crippen LogP contribution in [0.1, 0.15) is 135 Å². The van der Waals surface area contributed by atoms with Gasteiger partial charge < -0.3 is 61.9 Å². The summed E-state index contributed by atoms with van der Waals surface area (Å²) in [5, 5.41) is 35.4. The lowest BCUT2D eigenvalue weighted by molar-refractivity contribution is -0.143. The molecule has 3 aliphatic heterocycles. The first-order valence-electron chi connectivity index (χ1n) is 30.9. The molecule has 5 heterocycles. The minimum absolute atomic E-state index is 0.0401. The van der Waals surface area contributed by atoms with Crippen molar-refractivity contribution in [3.05, 3.63) is 66.0 Å². The van der Waals surface area contributed by atoms with Crippen LogP contribution in [-0.4, -0.2) is 182 Å². The number of aliphatic carboxylic acids is 1. The number of urea groups is 1. The van der Waals surface area contributed by atoms with Gasteiger partial charge in [-0.3, -0.25) is 52.6 Å². The number of Topliss-reactive ketones (excluding diaryl/α,β-unsaturated/α-hetero) is 4. The highest BCUT2D eigenvalue weighted by Crippen LogP contribution is 2.33. The maximum Gasteiger partial charge on any atom is 0.315 e. The summed E-state index contributed by atoms with van der Waals surface area (Å²) in [4.78, 5) is 153. The molecule has 10 N–H and O–H groups in total. The monoisotopic (exact) mass is 1260 g/mol. The van der Waals surface area contributed by atoms with Crippen LogP contribution in [0.4, 0.5) is 4.79 Å². The molecule has 28 heteroatoms. The molecule has 3 aliphatic rings. The number of carbonyl (C=O) groups excluding carboxylic acids is 10. The summed E-state index contributed by atoms with van der Waals surface area (Å²) in [6.07, 6.45) is 6.62. The number of primary amides is 1. The predicted octanol–water partition coefficient (Wildman–Crippen LogP) is 2.42. The summed E-state index contributed by atoms with van der Waals surface area (Å²) in [6, 6.07) is 3.99. The molecule has 0 radical (unpaired) electrons. The van der Waals surface area contributed by atoms with E-state index in [2.05, 4.69) is 52.2 Å². The summed E-state index contributed by atoms with van der Waals surface area (Å²) in [7, 11) is 0. The number of amides is 7. The second kappa shape index (κ2) is 38.9. The average Bonchev–Trinajstić information content (AvgIpc) is 1.91. The zero-order chi connectivity index (χ0) is 64.7. The molecule has 2 fully saturated rings. The summed E-state index contributed by atoms with van der Waals surface area (Å²) in [5.74, 6) is -9.17. The number of H-pyrrole nitrogens is 1. The Morgan fingerprint density at radius 1 is 0.742 bits per heavy atom. The lowest BCUT2D eigenvalue weighted by Crippen LogP contribution is -2.53. The highest BCUT2D eigenvalue weighted by molar-refractivity contribution is 8.00. The summed E-state index contributed by atoms with van der Waals surface area (Å²) in [5.41, 5.74) is 7.15. The van der Waals surface area contributed by atoms with Gasteiger partial charge in [-0.25, -0.2) is 9.78 Å². The van der Waals surface area contributed by atoms with Crippen LogP contribution in [0, 0.1) is 17.8 Å². The average molecular weight is 1260 g/mol. The van der Waals surface area contributed by atoms with Crippen LogP contribution in [0.15, 0.2) is 49.1 Å². The van der Waals surface area contributed by atoms with Gasteiger partial charge in [0.2, 0.25) is 29.5 Å². The molecule has 2 saturated heterocycles. The van der Waals surface area contributed by atoms with Gasteiger partial charge in [0.1, 0.15) is 24.5 Å². The number of carboxylic acids is 1. The Labute approximate surface area is 523 Å². The maximum absolute atomic E-state index is 14.5. The molecule has 9 atom stereocenters. The van der Waals surface area contributed by atoms with E-state index in [1.54, 1.807) is 50.4 Å². The molecule has 0 spiro atoms. The quantitative estimate of drug-likeness (QED) is 0.0391. The second-order valence-electron chi connectivity index (χ2n) is 22.7. The van der Waals surface area contributed by atoms with Gasteiger partial charge in [0.05, 0.1) is 80.9 Å². The number of nitrogens with two attached hydrogens (primary N) is 1. The first kappa shape index (κ1) is 72.3. The van der Waals surface area contributed by atoms with E-state index in [1.807, 2.05) is 25.6 Å². The van der Waals surface area contributed by atoms with E-state index in [4.69, 9.17) is 19.9 Å². The van der Waals surface area contributed by atoms with Gasteiger partial charge in [0.15, 0.2) is 17.3 Å². The van der Waals surface area contributed by atoms with Crippen LogP contribution < -0.4 is 37.6 Å². The fourth-order valence-corrected chi connectivity index (χ4v) is 12.2. The number of nitrogens with one attached hydrogen (secondary N) is 7. The standard InChI is InChI=1S/C59H84N12O15S.C2H6/c1-36(2)53-48(74)17-18-51(76)63-46(30-40-31-61-35-62-40)58(82)64-44(55(60)79)15-8-9-19-71-32-41(69-70-71)26-38(56(80)65-45(25-37-11-4-3-5-12-37)49(75)28-39(29-52(77)78)57(81)67-53)27-43(73)33-86-24-23-85-22-21-84-20-10-14-42(72)13-6-7-16-50-54-47(34-87-50)66-59(83)68-54;1-2/h3-5,11-12,31-32,35-36,38-39,44-47,50,53-54H,6-10,13-30,33-34H2,1-2H3,(H2,60,79)(H,61,62)(H,63,76)(H,64,82)(H,65,80)(H,67,81)(H,77,78)(H2,66,68,83);1-2H3/t38-,39-,44+,45-,46-,47-,50-,53-,54-;/m1./s1. The molecule has 6 rings (SSSR count). The van der Waals surface area contributed by atoms with Crippen LogP contribution in [0.25, 0.3) is 0 Å². The molecule has 0 saturated carbocycles. The molecule has 0 aliphatic carbocycles. The molecule has 0 unspecified atom stereocenters. The van der Waals surface area contributed by atoms with E-state index in [9.17, 15) is 57.8 Å². The van der Waals surface area contributed by atoms with E-state index < -0.39 is 120 Å². The Hall–Kier alpha value is -7.43. The number of carboxylic acid groups (broad SMARTS) is 1. The second-order valence-corrected chi connectivity index (χ2v) is 23.9. The van der Waals surface area contributed by atoms with Crippen molar-refractivity contribution in [1.82, 2.24) is 56.9 Å². The van der Waals surface area contributed by atoms with E-state index in [-0.39, 0.29) is 95.6 Å². The molecular formula is C61H90N12O15S. The van der Waals surface area contributed by atoms with Crippen molar-refractivity contribution in [3.63, 3.8) is 0 Å². The number of imidazole rings is 1. The van der Waals surface area contributed by atoms with Gasteiger partial charge in [-0.2, -0.15) is 11.8 Å². The van der Waals surface area contributed by atoms with Gasteiger partial charge >= 0.3 is 12.0 Å². The predicted molar refractivity (Wildman–Crippen MR) is 326 cm³/mol. The van der Waals surface area contributed by atoms with Gasteiger partial charge in [-0.15, -0.1) is 5.10 Å². The van der Waals surface area contributed by atoms with Crippen LogP contribution in [-0.2, 0) is 88.0 Å². The highest BCUT2D eigenvalue weighted by atomic mass is 32.2. The van der Waals surface area contributed by atoms with Crippen molar-refractivity contribution in [2.75, 3.05) is 45.4 Å². The number of nitrogens with zero attached hydrogens (tertiary/aromatic N) is 4. The number of thioether (sulfide) groups is 1. The van der Waals surface area contributed by atoms with Crippen molar-refractivity contribution < 1.29 is 72.1 Å². The molecule has 27 nitrogen and oxygen atoms in total. The molecule has 1 aromatic carbocycles. The number of fused-ring (bicyclic) bond motifs is 3. The maximum atomic E-state index is 14.5. The minimum Gasteiger partial charge on any atom is -0.481 e. The molecule has 89 heavy (non-hydrogen) atoms. The summed E-state index contributed by atoms with van der Waals surface area (Å²) >= 11 is 1.86. The summed E-state index contributed by atoms with van der Waals surface area (Å²) < 4.78 is 18.4. The van der Waals surface area contributed by atoms with Crippen LogP contribution >= 0.6 is 11.8 Å². The Balaban J connectivity index is 0.00000713. The Kier molecular flexibility index (Phi) is 31.6. The van der Waals surface area contributed by atoms with Gasteiger partial charge in [-0.05, 0) is 56.4 Å². The topological polar surface area (TPSA) is 393 Å². The van der Waals surface area contributed by atoms with E-state index in [1.165, 1.54) is 17.2 Å². The fraction of sp³-hybridized carbons (Fsp3) is 0.639. The normalized spacial score (nSPS) is 23.5. The van der Waals surface area contributed by atoms with Crippen molar-refractivity contribution in [2.24, 2.45) is 23.5 Å². The first-order chi connectivity index (χ1) is 42.8. The van der Waals surface area contributed by atoms with E-state index in [0.29, 0.717) is 60.9 Å². The smallest absolute Gasteiger partial charge is 0.315 e. The number of hydrogen-bond acceptors (Lipinski definition) is 18. The van der Waals surface area contributed by atoms with Gasteiger partial charge in [0, 0.05) is 93.6 Å². The number of benzene rings is 1. The Morgan fingerprint density at radius 3 is 2.16 bits per heavy atom. The number of aryl methyl sites for hydroxylation is 1. The van der Waals surface area contributed by atoms with Crippen molar-refractivity contribution >= 4 is 76.4 Å². The fourth-order valence-electron chi connectivity index (χ4n) is 10.6. The number of hydrogen-bond donors (Lipinski definition) is 9. The first-order valence-corrected chi connectivity index (χ1v) is 32.0. The third-order valence-corrected chi connectivity index (χ3v) is 16.8. The van der Waals surface area contributed by atoms with Gasteiger partial charge in [-0.1, -0.05) is 69.7 Å². The third-order valence-electron chi connectivity index (χ3n) is 15.3. The van der Waals surface area contributed by atoms with E-state index in [0.717, 1.165) is 25.0 Å². The van der Waals surface area contributed by atoms with Gasteiger partial charge in [0.25, 0.3) is 0 Å². The third kappa shape index (κ3) is 25.9. The molecule has 3 aromatic rings. The number of unbranched alkanes of at least 4 members (excludes halogenated alkanes) is 1. The number of aromatic amines is 1. The molecule has 7 amide bonds. The van der Waals surface area contributed by atoms with Crippen LogP contribution in [0.3, 0.4) is 0 Å². The number of carbonyl (C=O) groups is 11. The molecule has 490 valence electrons. The number of aromatic nitrogens is 5. The van der Waals surface area contributed by atoms with Crippen molar-refractivity contribution in [2.45, 2.75) is 185 Å². The van der Waals surface area contributed by atoms with Crippen LogP contribution in [0.5, 0.6) is 0 Å². The zero-order valence-electron chi connectivity index (χ0n) is 51.5. The Morgan fingerprint density at radius 2 is 1.45 bits per heavy atom. The van der Waals surface area contributed by atoms with E-state index >= 15 is 0 Å². The highest BCUT2D eigenvalue weighted by Gasteiger charge is 2.43. The largest absolute Gasteiger partial charge is 0.481 e. The Bertz CT molecular complexity index is 2790. The molecule has 2 aromatic heterocycles. The van der Waals surface area contributed by atoms with Crippen molar-refractivity contribution in [3.8, 4) is 0 Å². The SMILES string of the molecule is CC.CC(C)[C@H]1NC(=O)[C@@H](CC(=O)O)CC(=O)[C@@H](Cc2ccccc2)NC(=O)[C@@H](CC(=O)COCCOCCOCCCC(=O)CCCC[C@H]2SC[C@H]3NC(=O)N[C@H]32)Cc2cn(nn2)CCCC[C@@H](C(N)=O)NC(=O)[C@@H](Cc2cnc[nH]2)NC(=O)CCC1=O. The number of ether oxygens (including phenoxy) is 3. The zero-order valence-corrected chi connectivity index (χ0v) is 52.3.